The fourth-order valence-corrected chi connectivity index (χ4v) is 3.64. The van der Waals surface area contributed by atoms with E-state index in [0.29, 0.717) is 4.47 Å². The number of carboxylic acid groups (broad SMARTS) is 1. The smallest absolute Gasteiger partial charge is 0.337 e. The van der Waals surface area contributed by atoms with E-state index < -0.39 is 21.4 Å². The molecule has 0 unspecified atom stereocenters. The molecule has 2 N–H and O–H groups in total. The van der Waals surface area contributed by atoms with Crippen LogP contribution in [0.4, 0.5) is 5.69 Å². The van der Waals surface area contributed by atoms with Gasteiger partial charge in [0.1, 0.15) is 0 Å². The molecule has 5 nitrogen and oxygen atoms in total. The minimum Gasteiger partial charge on any atom is -0.478 e. The lowest BCUT2D eigenvalue weighted by Crippen LogP contribution is -2.26. The Bertz CT molecular complexity index is 590. The summed E-state index contributed by atoms with van der Waals surface area (Å²) in [7, 11) is -3.60. The molecule has 7 heteroatoms. The molecule has 0 fully saturated rings. The molecule has 0 aliphatic carbocycles. The van der Waals surface area contributed by atoms with Gasteiger partial charge in [0.25, 0.3) is 0 Å². The fraction of sp³-hybridized carbons (Fsp3) is 0.417. The number of halogens is 1. The molecule has 0 spiro atoms. The standard InChI is InChI=1S/C12H16BrNO4S/c1-12(2,3)7-19(17,18)14-10-6-8(13)4-5-9(10)11(15)16/h4-6,14H,7H2,1-3H3,(H,15,16). The zero-order chi connectivity index (χ0) is 14.8. The van der Waals surface area contributed by atoms with E-state index in [-0.39, 0.29) is 17.0 Å². The monoisotopic (exact) mass is 349 g/mol. The average Bonchev–Trinajstić information content (AvgIpc) is 2.11. The van der Waals surface area contributed by atoms with Gasteiger partial charge in [0.2, 0.25) is 10.0 Å². The highest BCUT2D eigenvalue weighted by Gasteiger charge is 2.23. The summed E-state index contributed by atoms with van der Waals surface area (Å²) in [6.07, 6.45) is 0. The number of carbonyl (C=O) groups is 1. The highest BCUT2D eigenvalue weighted by atomic mass is 79.9. The topological polar surface area (TPSA) is 83.5 Å². The predicted octanol–water partition coefficient (Wildman–Crippen LogP) is 2.94. The first-order valence-electron chi connectivity index (χ1n) is 5.53. The van der Waals surface area contributed by atoms with Gasteiger partial charge in [-0.1, -0.05) is 36.7 Å². The van der Waals surface area contributed by atoms with E-state index in [1.807, 2.05) is 0 Å². The summed E-state index contributed by atoms with van der Waals surface area (Å²) in [6.45, 7) is 5.39. The number of carboxylic acids is 1. The Morgan fingerprint density at radius 3 is 2.42 bits per heavy atom. The minimum atomic E-state index is -3.60. The van der Waals surface area contributed by atoms with Crippen molar-refractivity contribution in [2.75, 3.05) is 10.5 Å². The van der Waals surface area contributed by atoms with Crippen LogP contribution in [0.25, 0.3) is 0 Å². The van der Waals surface area contributed by atoms with E-state index in [4.69, 9.17) is 5.11 Å². The van der Waals surface area contributed by atoms with E-state index in [9.17, 15) is 13.2 Å². The second-order valence-corrected chi connectivity index (χ2v) is 8.05. The molecule has 0 aliphatic rings. The highest BCUT2D eigenvalue weighted by Crippen LogP contribution is 2.24. The van der Waals surface area contributed by atoms with Crippen molar-refractivity contribution in [2.24, 2.45) is 5.41 Å². The molecule has 0 saturated heterocycles. The maximum Gasteiger partial charge on any atom is 0.337 e. The Labute approximate surface area is 121 Å². The molecule has 0 heterocycles. The number of benzene rings is 1. The summed E-state index contributed by atoms with van der Waals surface area (Å²) in [5.41, 5.74) is -0.437. The molecule has 0 atom stereocenters. The van der Waals surface area contributed by atoms with Crippen molar-refractivity contribution < 1.29 is 18.3 Å². The third-order valence-electron chi connectivity index (χ3n) is 2.10. The van der Waals surface area contributed by atoms with Crippen LogP contribution in [0, 0.1) is 5.41 Å². The lowest BCUT2D eigenvalue weighted by molar-refractivity contribution is 0.0698. The van der Waals surface area contributed by atoms with E-state index in [2.05, 4.69) is 20.7 Å². The molecule has 0 bridgehead atoms. The Morgan fingerprint density at radius 1 is 1.37 bits per heavy atom. The first kappa shape index (κ1) is 16.0. The van der Waals surface area contributed by atoms with Gasteiger partial charge >= 0.3 is 5.97 Å². The van der Waals surface area contributed by atoms with Gasteiger partial charge < -0.3 is 5.11 Å². The molecule has 1 aromatic rings. The molecule has 1 rings (SSSR count). The Hall–Kier alpha value is -1.08. The zero-order valence-electron chi connectivity index (χ0n) is 10.9. The summed E-state index contributed by atoms with van der Waals surface area (Å²) in [4.78, 5) is 11.1. The number of hydrogen-bond donors (Lipinski definition) is 2. The first-order valence-corrected chi connectivity index (χ1v) is 7.98. The van der Waals surface area contributed by atoms with Crippen molar-refractivity contribution in [3.05, 3.63) is 28.2 Å². The van der Waals surface area contributed by atoms with Crippen LogP contribution < -0.4 is 4.72 Å². The van der Waals surface area contributed by atoms with E-state index in [1.54, 1.807) is 26.8 Å². The molecule has 1 aromatic carbocycles. The van der Waals surface area contributed by atoms with Crippen LogP contribution in [0.3, 0.4) is 0 Å². The molecule has 0 amide bonds. The summed E-state index contributed by atoms with van der Waals surface area (Å²) in [5, 5.41) is 9.04. The van der Waals surface area contributed by atoms with E-state index in [1.165, 1.54) is 12.1 Å². The number of hydrogen-bond acceptors (Lipinski definition) is 3. The maximum atomic E-state index is 12.0. The average molecular weight is 350 g/mol. The van der Waals surface area contributed by atoms with Gasteiger partial charge in [-0.2, -0.15) is 0 Å². The maximum absolute atomic E-state index is 12.0. The van der Waals surface area contributed by atoms with Crippen LogP contribution in [0.1, 0.15) is 31.1 Å². The van der Waals surface area contributed by atoms with Crippen molar-refractivity contribution in [1.29, 1.82) is 0 Å². The summed E-state index contributed by atoms with van der Waals surface area (Å²) in [6, 6.07) is 4.33. The molecule has 0 radical (unpaired) electrons. The summed E-state index contributed by atoms with van der Waals surface area (Å²) >= 11 is 3.19. The number of nitrogens with one attached hydrogen (secondary N) is 1. The molecule has 106 valence electrons. The highest BCUT2D eigenvalue weighted by molar-refractivity contribution is 9.10. The van der Waals surface area contributed by atoms with Crippen molar-refractivity contribution in [2.45, 2.75) is 20.8 Å². The van der Waals surface area contributed by atoms with Gasteiger partial charge in [0.15, 0.2) is 0 Å². The SMILES string of the molecule is CC(C)(C)CS(=O)(=O)Nc1cc(Br)ccc1C(=O)O. The lowest BCUT2D eigenvalue weighted by Gasteiger charge is -2.19. The van der Waals surface area contributed by atoms with Crippen molar-refractivity contribution in [3.63, 3.8) is 0 Å². The minimum absolute atomic E-state index is 0.0612. The second-order valence-electron chi connectivity index (χ2n) is 5.42. The van der Waals surface area contributed by atoms with Crippen molar-refractivity contribution in [3.8, 4) is 0 Å². The van der Waals surface area contributed by atoms with Crippen LogP contribution in [-0.4, -0.2) is 25.2 Å². The van der Waals surface area contributed by atoms with Gasteiger partial charge in [-0.15, -0.1) is 0 Å². The predicted molar refractivity (Wildman–Crippen MR) is 78.0 cm³/mol. The van der Waals surface area contributed by atoms with Crippen LogP contribution in [-0.2, 0) is 10.0 Å². The normalized spacial score (nSPS) is 12.2. The Morgan fingerprint density at radius 2 is 1.95 bits per heavy atom. The van der Waals surface area contributed by atoms with E-state index >= 15 is 0 Å². The van der Waals surface area contributed by atoms with Crippen molar-refractivity contribution >= 4 is 37.6 Å². The number of sulfonamides is 1. The van der Waals surface area contributed by atoms with Gasteiger partial charge in [0.05, 0.1) is 17.0 Å². The van der Waals surface area contributed by atoms with E-state index in [0.717, 1.165) is 0 Å². The van der Waals surface area contributed by atoms with Gasteiger partial charge in [-0.3, -0.25) is 4.72 Å². The molecular weight excluding hydrogens is 334 g/mol. The second kappa shape index (κ2) is 5.50. The van der Waals surface area contributed by atoms with Gasteiger partial charge in [-0.05, 0) is 23.6 Å². The third kappa shape index (κ3) is 5.20. The number of aromatic carboxylic acids is 1. The molecule has 0 aliphatic heterocycles. The van der Waals surface area contributed by atoms with Crippen LogP contribution in [0.2, 0.25) is 0 Å². The first-order chi connectivity index (χ1) is 8.50. The third-order valence-corrected chi connectivity index (χ3v) is 4.37. The Kier molecular flexibility index (Phi) is 4.63. The van der Waals surface area contributed by atoms with Gasteiger partial charge in [0, 0.05) is 4.47 Å². The van der Waals surface area contributed by atoms with Gasteiger partial charge in [-0.25, -0.2) is 13.2 Å². The zero-order valence-corrected chi connectivity index (χ0v) is 13.3. The van der Waals surface area contributed by atoms with Crippen LogP contribution in [0.5, 0.6) is 0 Å². The van der Waals surface area contributed by atoms with Crippen molar-refractivity contribution in [1.82, 2.24) is 0 Å². The fourth-order valence-electron chi connectivity index (χ4n) is 1.56. The molecule has 19 heavy (non-hydrogen) atoms. The largest absolute Gasteiger partial charge is 0.478 e. The van der Waals surface area contributed by atoms with Crippen LogP contribution >= 0.6 is 15.9 Å². The molecule has 0 aromatic heterocycles. The Balaban J connectivity index is 3.12. The molecule has 0 saturated carbocycles. The lowest BCUT2D eigenvalue weighted by atomic mass is 10.0. The quantitative estimate of drug-likeness (QED) is 0.875. The number of rotatable bonds is 4. The van der Waals surface area contributed by atoms with Crippen LogP contribution in [0.15, 0.2) is 22.7 Å². The molecular formula is C12H16BrNO4S. The summed E-state index contributed by atoms with van der Waals surface area (Å²) in [5.74, 6) is -1.27. The summed E-state index contributed by atoms with van der Waals surface area (Å²) < 4.78 is 26.9. The number of anilines is 1.